The van der Waals surface area contributed by atoms with Crippen molar-refractivity contribution in [3.05, 3.63) is 102 Å². The Balaban J connectivity index is 2.03. The second-order valence-electron chi connectivity index (χ2n) is 6.14. The number of benzene rings is 3. The highest BCUT2D eigenvalue weighted by atomic mass is 35.6. The summed E-state index contributed by atoms with van der Waals surface area (Å²) < 4.78 is 4.89. The lowest BCUT2D eigenvalue weighted by Crippen LogP contribution is -2.49. The van der Waals surface area contributed by atoms with Crippen molar-refractivity contribution in [2.24, 2.45) is 0 Å². The van der Waals surface area contributed by atoms with E-state index in [2.05, 4.69) is 5.32 Å². The Bertz CT molecular complexity index is 854. The molecule has 0 unspecified atom stereocenters. The Morgan fingerprint density at radius 2 is 1.23 bits per heavy atom. The van der Waals surface area contributed by atoms with E-state index in [0.717, 1.165) is 22.4 Å². The molecule has 1 aliphatic rings. The molecule has 0 aliphatic carbocycles. The smallest absolute Gasteiger partial charge is 0.234 e. The second kappa shape index (κ2) is 6.79. The van der Waals surface area contributed by atoms with Gasteiger partial charge in [-0.3, -0.25) is 0 Å². The Labute approximate surface area is 167 Å². The minimum absolute atomic E-state index is 0.817. The van der Waals surface area contributed by atoms with Crippen LogP contribution in [0.5, 0.6) is 0 Å². The first-order valence-corrected chi connectivity index (χ1v) is 9.37. The molecule has 26 heavy (non-hydrogen) atoms. The average molecular weight is 405 g/mol. The average Bonchev–Trinajstić information content (AvgIpc) is 2.68. The van der Waals surface area contributed by atoms with E-state index in [9.17, 15) is 0 Å². The summed E-state index contributed by atoms with van der Waals surface area (Å²) >= 11 is 18.7. The summed E-state index contributed by atoms with van der Waals surface area (Å²) in [5.74, 6) is 0. The number of anilines is 1. The van der Waals surface area contributed by atoms with Gasteiger partial charge in [-0.05, 0) is 17.2 Å². The van der Waals surface area contributed by atoms with Crippen LogP contribution in [-0.2, 0) is 10.3 Å². The number of para-hydroxylation sites is 1. The van der Waals surface area contributed by atoms with Crippen LogP contribution in [0.3, 0.4) is 0 Å². The number of hydrogen-bond acceptors (Lipinski definition) is 2. The number of hydrogen-bond donors (Lipinski definition) is 1. The van der Waals surface area contributed by atoms with Gasteiger partial charge in [-0.2, -0.15) is 0 Å². The maximum Gasteiger partial charge on any atom is 0.234 e. The van der Waals surface area contributed by atoms with E-state index < -0.39 is 15.6 Å². The monoisotopic (exact) mass is 403 g/mol. The predicted octanol–water partition coefficient (Wildman–Crippen LogP) is 6.12. The number of fused-ring (bicyclic) bond motifs is 1. The number of ether oxygens (including phenoxy) is 1. The maximum atomic E-state index is 6.53. The summed E-state index contributed by atoms with van der Waals surface area (Å²) in [6.45, 7) is 0. The topological polar surface area (TPSA) is 21.3 Å². The molecule has 2 nitrogen and oxygen atoms in total. The van der Waals surface area contributed by atoms with Crippen LogP contribution in [0.4, 0.5) is 5.69 Å². The lowest BCUT2D eigenvalue weighted by atomic mass is 9.78. The van der Waals surface area contributed by atoms with Crippen molar-refractivity contribution in [3.8, 4) is 0 Å². The Morgan fingerprint density at radius 3 is 1.77 bits per heavy atom. The Morgan fingerprint density at radius 1 is 0.731 bits per heavy atom. The molecular formula is C21H16Cl3NO. The molecule has 1 aliphatic heterocycles. The third kappa shape index (κ3) is 2.97. The van der Waals surface area contributed by atoms with E-state index in [1.165, 1.54) is 0 Å². The first-order chi connectivity index (χ1) is 12.5. The Hall–Kier alpha value is -1.71. The molecule has 3 aromatic rings. The number of rotatable bonds is 2. The molecule has 5 heteroatoms. The van der Waals surface area contributed by atoms with Crippen LogP contribution < -0.4 is 5.32 Å². The highest BCUT2D eigenvalue weighted by molar-refractivity contribution is 6.68. The third-order valence-corrected chi connectivity index (χ3v) is 5.14. The minimum Gasteiger partial charge on any atom is -0.356 e. The van der Waals surface area contributed by atoms with Gasteiger partial charge in [0.25, 0.3) is 0 Å². The van der Waals surface area contributed by atoms with Crippen LogP contribution in [-0.4, -0.2) is 10.0 Å². The van der Waals surface area contributed by atoms with Crippen molar-refractivity contribution in [1.82, 2.24) is 0 Å². The van der Waals surface area contributed by atoms with Crippen LogP contribution in [0, 0.1) is 0 Å². The Kier molecular flexibility index (Phi) is 4.62. The molecule has 0 saturated carbocycles. The molecule has 1 heterocycles. The molecule has 0 amide bonds. The lowest BCUT2D eigenvalue weighted by Gasteiger charge is -2.45. The highest BCUT2D eigenvalue weighted by Gasteiger charge is 2.49. The molecule has 0 saturated heterocycles. The molecular weight excluding hydrogens is 389 g/mol. The van der Waals surface area contributed by atoms with Gasteiger partial charge in [-0.1, -0.05) is 114 Å². The van der Waals surface area contributed by atoms with Gasteiger partial charge >= 0.3 is 0 Å². The van der Waals surface area contributed by atoms with E-state index in [-0.39, 0.29) is 0 Å². The van der Waals surface area contributed by atoms with E-state index >= 15 is 0 Å². The maximum absolute atomic E-state index is 6.53. The fourth-order valence-corrected chi connectivity index (χ4v) is 3.73. The van der Waals surface area contributed by atoms with Gasteiger partial charge in [0.15, 0.2) is 6.23 Å². The quantitative estimate of drug-likeness (QED) is 0.520. The highest BCUT2D eigenvalue weighted by Crippen LogP contribution is 2.50. The SMILES string of the molecule is ClC(Cl)(Cl)[C@@H]1Nc2ccccc2C(c2ccccc2)(c2ccccc2)O1. The van der Waals surface area contributed by atoms with Crippen molar-refractivity contribution >= 4 is 40.5 Å². The van der Waals surface area contributed by atoms with Crippen molar-refractivity contribution < 1.29 is 4.74 Å². The summed E-state index contributed by atoms with van der Waals surface area (Å²) in [5.41, 5.74) is 2.91. The van der Waals surface area contributed by atoms with Crippen molar-refractivity contribution in [3.63, 3.8) is 0 Å². The van der Waals surface area contributed by atoms with Crippen LogP contribution >= 0.6 is 34.8 Å². The molecule has 1 N–H and O–H groups in total. The van der Waals surface area contributed by atoms with Crippen LogP contribution in [0.15, 0.2) is 84.9 Å². The first-order valence-electron chi connectivity index (χ1n) is 8.23. The molecule has 0 fully saturated rings. The molecule has 1 atom stereocenters. The van der Waals surface area contributed by atoms with Gasteiger partial charge in [0.2, 0.25) is 3.79 Å². The third-order valence-electron chi connectivity index (χ3n) is 4.55. The normalized spacial score (nSPS) is 18.7. The molecule has 0 spiro atoms. The summed E-state index contributed by atoms with van der Waals surface area (Å²) in [7, 11) is 0. The van der Waals surface area contributed by atoms with Crippen molar-refractivity contribution in [1.29, 1.82) is 0 Å². The summed E-state index contributed by atoms with van der Waals surface area (Å²) in [5, 5.41) is 3.21. The minimum atomic E-state index is -1.64. The standard InChI is InChI=1S/C21H16Cl3NO/c22-21(23,24)19-25-18-14-8-7-13-17(18)20(26-19,15-9-3-1-4-10-15)16-11-5-2-6-12-16/h1-14,19,25H/t19-/m1/s1. The van der Waals surface area contributed by atoms with Gasteiger partial charge in [0.05, 0.1) is 0 Å². The second-order valence-corrected chi connectivity index (χ2v) is 8.51. The van der Waals surface area contributed by atoms with Crippen molar-refractivity contribution in [2.75, 3.05) is 5.32 Å². The first kappa shape index (κ1) is 17.7. The van der Waals surface area contributed by atoms with Crippen LogP contribution in [0.1, 0.15) is 16.7 Å². The molecule has 132 valence electrons. The number of halogens is 3. The number of nitrogens with one attached hydrogen (secondary N) is 1. The molecule has 3 aromatic carbocycles. The largest absolute Gasteiger partial charge is 0.356 e. The van der Waals surface area contributed by atoms with Gasteiger partial charge in [0, 0.05) is 11.3 Å². The molecule has 0 aromatic heterocycles. The van der Waals surface area contributed by atoms with Gasteiger partial charge in [-0.15, -0.1) is 0 Å². The fourth-order valence-electron chi connectivity index (χ4n) is 3.44. The lowest BCUT2D eigenvalue weighted by molar-refractivity contribution is -0.0393. The van der Waals surface area contributed by atoms with E-state index in [1.807, 2.05) is 84.9 Å². The molecule has 0 bridgehead atoms. The van der Waals surface area contributed by atoms with Crippen LogP contribution in [0.25, 0.3) is 0 Å². The fraction of sp³-hybridized carbons (Fsp3) is 0.143. The van der Waals surface area contributed by atoms with E-state index in [0.29, 0.717) is 0 Å². The van der Waals surface area contributed by atoms with Gasteiger partial charge < -0.3 is 10.1 Å². The molecule has 0 radical (unpaired) electrons. The van der Waals surface area contributed by atoms with E-state index in [1.54, 1.807) is 0 Å². The summed E-state index contributed by atoms with van der Waals surface area (Å²) in [6, 6.07) is 28.0. The zero-order valence-corrected chi connectivity index (χ0v) is 16.0. The zero-order valence-electron chi connectivity index (χ0n) is 13.7. The summed E-state index contributed by atoms with van der Waals surface area (Å²) in [6.07, 6.45) is -0.817. The van der Waals surface area contributed by atoms with Gasteiger partial charge in [0.1, 0.15) is 5.60 Å². The van der Waals surface area contributed by atoms with Crippen LogP contribution in [0.2, 0.25) is 0 Å². The predicted molar refractivity (Wildman–Crippen MR) is 108 cm³/mol. The summed E-state index contributed by atoms with van der Waals surface area (Å²) in [4.78, 5) is 0. The number of alkyl halides is 3. The molecule has 4 rings (SSSR count). The van der Waals surface area contributed by atoms with Gasteiger partial charge in [-0.25, -0.2) is 0 Å². The zero-order chi connectivity index (χ0) is 18.2. The van der Waals surface area contributed by atoms with E-state index in [4.69, 9.17) is 39.5 Å². The van der Waals surface area contributed by atoms with Crippen molar-refractivity contribution in [2.45, 2.75) is 15.6 Å².